The molecule has 0 radical (unpaired) electrons. The van der Waals surface area contributed by atoms with E-state index in [1.165, 1.54) is 86.0 Å². The quantitative estimate of drug-likeness (QED) is 0.161. The number of aryl methyl sites for hydroxylation is 1. The van der Waals surface area contributed by atoms with Crippen LogP contribution in [0.1, 0.15) is 29.0 Å². The van der Waals surface area contributed by atoms with Crippen LogP contribution in [0.4, 0.5) is 17.1 Å². The number of hydrogen-bond donors (Lipinski definition) is 0. The summed E-state index contributed by atoms with van der Waals surface area (Å²) in [6, 6.07) is 76.1. The summed E-state index contributed by atoms with van der Waals surface area (Å²) >= 11 is 1.86. The zero-order chi connectivity index (χ0) is 40.7. The second-order valence-electron chi connectivity index (χ2n) is 16.7. The Morgan fingerprint density at radius 2 is 1.10 bits per heavy atom. The van der Waals surface area contributed by atoms with Gasteiger partial charge in [0.15, 0.2) is 0 Å². The molecule has 292 valence electrons. The van der Waals surface area contributed by atoms with Crippen molar-refractivity contribution in [2.45, 2.75) is 18.8 Å². The zero-order valence-electron chi connectivity index (χ0n) is 33.9. The average Bonchev–Trinajstić information content (AvgIpc) is 3.85. The first-order chi connectivity index (χ1) is 30.7. The second-order valence-corrected chi connectivity index (χ2v) is 17.8. The lowest BCUT2D eigenvalue weighted by Gasteiger charge is -2.26. The van der Waals surface area contributed by atoms with E-state index in [2.05, 4.69) is 211 Å². The molecule has 0 fully saturated rings. The Morgan fingerprint density at radius 1 is 0.435 bits per heavy atom. The summed E-state index contributed by atoms with van der Waals surface area (Å²) in [6.07, 6.45) is 1.91. The SMILES string of the molecule is c1ccc(N(c2ccc(C3CCc4cc5oc6ccccc6c5c(-c5cc6ccccc6c6ccccc56)c4-c4ccccc43)cc2)c2ccc3sc4ccccc4c3c2)cc1. The van der Waals surface area contributed by atoms with E-state index in [0.717, 1.165) is 46.5 Å². The van der Waals surface area contributed by atoms with Crippen LogP contribution in [0.15, 0.2) is 211 Å². The van der Waals surface area contributed by atoms with Crippen LogP contribution in [-0.2, 0) is 6.42 Å². The van der Waals surface area contributed by atoms with Crippen LogP contribution in [0.2, 0.25) is 0 Å². The van der Waals surface area contributed by atoms with Gasteiger partial charge >= 0.3 is 0 Å². The lowest BCUT2D eigenvalue weighted by molar-refractivity contribution is 0.667. The van der Waals surface area contributed by atoms with Gasteiger partial charge in [0.05, 0.1) is 0 Å². The highest BCUT2D eigenvalue weighted by molar-refractivity contribution is 7.25. The maximum absolute atomic E-state index is 6.77. The molecule has 10 aromatic carbocycles. The second kappa shape index (κ2) is 14.1. The molecular weight excluding hydrogens is 771 g/mol. The van der Waals surface area contributed by atoms with Crippen molar-refractivity contribution in [1.82, 2.24) is 0 Å². The van der Waals surface area contributed by atoms with E-state index in [1.807, 2.05) is 11.3 Å². The third-order valence-electron chi connectivity index (χ3n) is 13.3. The van der Waals surface area contributed by atoms with Gasteiger partial charge in [-0.15, -0.1) is 11.3 Å². The topological polar surface area (TPSA) is 16.4 Å². The molecule has 0 amide bonds. The molecule has 0 bridgehead atoms. The van der Waals surface area contributed by atoms with Gasteiger partial charge in [-0.05, 0) is 134 Å². The van der Waals surface area contributed by atoms with E-state index < -0.39 is 0 Å². The number of anilines is 3. The summed E-state index contributed by atoms with van der Waals surface area (Å²) in [4.78, 5) is 2.39. The predicted molar refractivity (Wildman–Crippen MR) is 264 cm³/mol. The molecule has 1 aliphatic rings. The largest absolute Gasteiger partial charge is 0.456 e. The molecule has 1 atom stereocenters. The molecule has 2 aromatic heterocycles. The minimum atomic E-state index is 0.204. The smallest absolute Gasteiger partial charge is 0.136 e. The first kappa shape index (κ1) is 35.3. The molecule has 2 nitrogen and oxygen atoms in total. The van der Waals surface area contributed by atoms with Crippen molar-refractivity contribution in [3.63, 3.8) is 0 Å². The Kier molecular flexibility index (Phi) is 8.01. The molecule has 0 saturated heterocycles. The van der Waals surface area contributed by atoms with Gasteiger partial charge < -0.3 is 9.32 Å². The molecule has 0 saturated carbocycles. The van der Waals surface area contributed by atoms with Crippen molar-refractivity contribution in [3.8, 4) is 22.3 Å². The molecule has 13 rings (SSSR count). The summed E-state index contributed by atoms with van der Waals surface area (Å²) in [7, 11) is 0. The summed E-state index contributed by atoms with van der Waals surface area (Å²) in [6.45, 7) is 0. The number of para-hydroxylation sites is 2. The Balaban J connectivity index is 0.984. The van der Waals surface area contributed by atoms with Crippen LogP contribution in [0, 0.1) is 0 Å². The molecule has 0 aliphatic heterocycles. The number of rotatable bonds is 5. The number of thiophene rings is 1. The van der Waals surface area contributed by atoms with Crippen LogP contribution in [0.5, 0.6) is 0 Å². The van der Waals surface area contributed by atoms with E-state index >= 15 is 0 Å². The fraction of sp³-hybridized carbons (Fsp3) is 0.0508. The fourth-order valence-corrected chi connectivity index (χ4v) is 11.6. The van der Waals surface area contributed by atoms with Gasteiger partial charge in [0.2, 0.25) is 0 Å². The summed E-state index contributed by atoms with van der Waals surface area (Å²) < 4.78 is 9.39. The van der Waals surface area contributed by atoms with Crippen molar-refractivity contribution in [3.05, 3.63) is 223 Å². The molecule has 0 spiro atoms. The first-order valence-corrected chi connectivity index (χ1v) is 22.4. The number of hydrogen-bond acceptors (Lipinski definition) is 3. The van der Waals surface area contributed by atoms with Crippen LogP contribution < -0.4 is 4.90 Å². The highest BCUT2D eigenvalue weighted by atomic mass is 32.1. The van der Waals surface area contributed by atoms with Crippen LogP contribution in [0.25, 0.3) is 85.9 Å². The van der Waals surface area contributed by atoms with Gasteiger partial charge in [0.1, 0.15) is 11.2 Å². The van der Waals surface area contributed by atoms with Gasteiger partial charge in [-0.3, -0.25) is 0 Å². The highest BCUT2D eigenvalue weighted by Crippen LogP contribution is 2.52. The monoisotopic (exact) mass is 809 g/mol. The van der Waals surface area contributed by atoms with Crippen molar-refractivity contribution < 1.29 is 4.42 Å². The normalized spacial score (nSPS) is 13.8. The maximum Gasteiger partial charge on any atom is 0.136 e. The third-order valence-corrected chi connectivity index (χ3v) is 14.4. The van der Waals surface area contributed by atoms with E-state index in [9.17, 15) is 0 Å². The van der Waals surface area contributed by atoms with Gasteiger partial charge in [-0.2, -0.15) is 0 Å². The molecule has 12 aromatic rings. The molecule has 2 heterocycles. The van der Waals surface area contributed by atoms with Crippen LogP contribution >= 0.6 is 11.3 Å². The highest BCUT2D eigenvalue weighted by Gasteiger charge is 2.30. The van der Waals surface area contributed by atoms with Crippen molar-refractivity contribution >= 4 is 92.1 Å². The molecule has 1 unspecified atom stereocenters. The molecular formula is C59H39NOS. The lowest BCUT2D eigenvalue weighted by Crippen LogP contribution is -2.10. The van der Waals surface area contributed by atoms with Crippen LogP contribution in [0.3, 0.4) is 0 Å². The Hall–Kier alpha value is -7.46. The summed E-state index contributed by atoms with van der Waals surface area (Å²) in [5.41, 5.74) is 14.5. The number of benzene rings is 10. The Bertz CT molecular complexity index is 3710. The minimum absolute atomic E-state index is 0.204. The zero-order valence-corrected chi connectivity index (χ0v) is 34.7. The molecule has 1 aliphatic carbocycles. The van der Waals surface area contributed by atoms with E-state index in [0.29, 0.717) is 0 Å². The minimum Gasteiger partial charge on any atom is -0.456 e. The van der Waals surface area contributed by atoms with Crippen molar-refractivity contribution in [1.29, 1.82) is 0 Å². The molecule has 3 heteroatoms. The number of fused-ring (bicyclic) bond motifs is 12. The number of furan rings is 1. The standard InChI is InChI=1S/C59H39NOS/c1-2-15-40(16-3-1)60(42-31-33-56-51(36-42)48-21-11-13-25-55(48)62-56)41-29-26-37(27-30-41)44-32-28-39-35-54-58(50-23-10-12-24-53(50)61-54)59(57(39)49-22-9-8-19-46(44)49)52-34-38-14-4-5-17-43(38)45-18-6-7-20-47(45)52/h1-27,29-31,33-36,44H,28,32H2. The Labute approximate surface area is 363 Å². The fourth-order valence-electron chi connectivity index (χ4n) is 10.5. The maximum atomic E-state index is 6.77. The van der Waals surface area contributed by atoms with Crippen LogP contribution in [-0.4, -0.2) is 0 Å². The van der Waals surface area contributed by atoms with Crippen molar-refractivity contribution in [2.75, 3.05) is 4.90 Å². The van der Waals surface area contributed by atoms with Crippen molar-refractivity contribution in [2.24, 2.45) is 0 Å². The van der Waals surface area contributed by atoms with Gasteiger partial charge in [-0.1, -0.05) is 140 Å². The van der Waals surface area contributed by atoms with E-state index in [1.54, 1.807) is 0 Å². The van der Waals surface area contributed by atoms with Gasteiger partial charge in [0.25, 0.3) is 0 Å². The van der Waals surface area contributed by atoms with Gasteiger partial charge in [0, 0.05) is 59.5 Å². The van der Waals surface area contributed by atoms with E-state index in [-0.39, 0.29) is 5.92 Å². The molecule has 0 N–H and O–H groups in total. The lowest BCUT2D eigenvalue weighted by atomic mass is 9.82. The predicted octanol–water partition coefficient (Wildman–Crippen LogP) is 17.1. The summed E-state index contributed by atoms with van der Waals surface area (Å²) in [5.74, 6) is 0.204. The number of nitrogens with zero attached hydrogens (tertiary/aromatic N) is 1. The Morgan fingerprint density at radius 3 is 1.97 bits per heavy atom. The first-order valence-electron chi connectivity index (χ1n) is 21.6. The molecule has 62 heavy (non-hydrogen) atoms. The summed E-state index contributed by atoms with van der Waals surface area (Å²) in [5, 5.41) is 9.99. The average molecular weight is 810 g/mol. The van der Waals surface area contributed by atoms with Gasteiger partial charge in [-0.25, -0.2) is 0 Å². The van der Waals surface area contributed by atoms with E-state index in [4.69, 9.17) is 4.42 Å². The third kappa shape index (κ3) is 5.48.